The zero-order chi connectivity index (χ0) is 26.0. The fourth-order valence-corrected chi connectivity index (χ4v) is 10.5. The molecule has 0 N–H and O–H groups in total. The lowest BCUT2D eigenvalue weighted by Gasteiger charge is -2.39. The van der Waals surface area contributed by atoms with Gasteiger partial charge in [-0.1, -0.05) is 116 Å². The van der Waals surface area contributed by atoms with Crippen LogP contribution in [0.4, 0.5) is 0 Å². The normalized spacial score (nSPS) is 12.0. The molecule has 0 aliphatic rings. The highest BCUT2D eigenvalue weighted by atomic mass is 31.2. The fraction of sp³-hybridized carbons (Fsp3) is 0.121. The first-order valence-corrected chi connectivity index (χ1v) is 15.6. The minimum absolute atomic E-state index is 0.788. The molecule has 0 radical (unpaired) electrons. The largest absolute Gasteiger partial charge is 0.457 e. The van der Waals surface area contributed by atoms with Crippen LogP contribution in [-0.4, -0.2) is 16.0 Å². The summed E-state index contributed by atoms with van der Waals surface area (Å²) in [7, 11) is -1.70. The summed E-state index contributed by atoms with van der Waals surface area (Å²) in [4.78, 5) is 4.16. The molecular formula is C33H32N2OP2. The minimum Gasteiger partial charge on any atom is -0.457 e. The first-order chi connectivity index (χ1) is 18.8. The van der Waals surface area contributed by atoms with Crippen molar-refractivity contribution in [1.29, 1.82) is 0 Å². The lowest BCUT2D eigenvalue weighted by atomic mass is 10.3. The summed E-state index contributed by atoms with van der Waals surface area (Å²) in [5.41, 5.74) is 0. The van der Waals surface area contributed by atoms with E-state index in [0.29, 0.717) is 0 Å². The van der Waals surface area contributed by atoms with Gasteiger partial charge in [-0.3, -0.25) is 4.98 Å². The quantitative estimate of drug-likeness (QED) is 0.166. The Morgan fingerprint density at radius 1 is 0.605 bits per heavy atom. The van der Waals surface area contributed by atoms with E-state index in [0.717, 1.165) is 30.9 Å². The molecule has 0 bridgehead atoms. The predicted molar refractivity (Wildman–Crippen MR) is 164 cm³/mol. The highest BCUT2D eigenvalue weighted by Crippen LogP contribution is 2.55. The summed E-state index contributed by atoms with van der Waals surface area (Å²) >= 11 is 0. The number of aromatic nitrogens is 1. The second-order valence-corrected chi connectivity index (χ2v) is 13.4. The van der Waals surface area contributed by atoms with E-state index in [4.69, 9.17) is 4.74 Å². The number of nitrogens with zero attached hydrogens (tertiary/aromatic N) is 2. The number of ether oxygens (including phenoxy) is 1. The van der Waals surface area contributed by atoms with Gasteiger partial charge in [-0.05, 0) is 46.6 Å². The van der Waals surface area contributed by atoms with Gasteiger partial charge in [0.25, 0.3) is 0 Å². The van der Waals surface area contributed by atoms with Crippen molar-refractivity contribution >= 4 is 37.4 Å². The number of benzene rings is 4. The van der Waals surface area contributed by atoms with E-state index in [1.807, 2.05) is 12.1 Å². The van der Waals surface area contributed by atoms with Crippen LogP contribution < -0.4 is 26.0 Å². The molecule has 5 aromatic rings. The van der Waals surface area contributed by atoms with E-state index in [1.165, 1.54) is 21.2 Å². The monoisotopic (exact) mass is 534 g/mol. The number of unbranched alkanes of at least 4 members (excludes halogenated alkanes) is 1. The molecule has 190 valence electrons. The zero-order valence-corrected chi connectivity index (χ0v) is 23.4. The average molecular weight is 535 g/mol. The Morgan fingerprint density at radius 2 is 1.11 bits per heavy atom. The van der Waals surface area contributed by atoms with Gasteiger partial charge in [0.2, 0.25) is 0 Å². The summed E-state index contributed by atoms with van der Waals surface area (Å²) in [6.45, 7) is 3.27. The molecule has 1 aromatic heterocycles. The van der Waals surface area contributed by atoms with E-state index < -0.39 is 16.1 Å². The van der Waals surface area contributed by atoms with Crippen LogP contribution in [-0.2, 0) is 0 Å². The van der Waals surface area contributed by atoms with E-state index in [2.05, 4.69) is 132 Å². The first-order valence-electron chi connectivity index (χ1n) is 13.0. The van der Waals surface area contributed by atoms with Gasteiger partial charge in [0.15, 0.2) is 0 Å². The maximum Gasteiger partial charge on any atom is 0.136 e. The Kier molecular flexibility index (Phi) is 9.29. The summed E-state index contributed by atoms with van der Waals surface area (Å²) in [6.07, 6.45) is 5.80. The van der Waals surface area contributed by atoms with Crippen LogP contribution in [0.15, 0.2) is 140 Å². The number of hydrogen-bond donors (Lipinski definition) is 0. The van der Waals surface area contributed by atoms with Gasteiger partial charge in [-0.2, -0.15) is 0 Å². The molecule has 0 aliphatic carbocycles. The van der Waals surface area contributed by atoms with Crippen LogP contribution in [0.1, 0.15) is 19.8 Å². The van der Waals surface area contributed by atoms with Crippen molar-refractivity contribution < 1.29 is 4.74 Å². The van der Waals surface area contributed by atoms with Gasteiger partial charge < -0.3 is 4.74 Å². The van der Waals surface area contributed by atoms with Crippen LogP contribution in [0.25, 0.3) is 0 Å². The Bertz CT molecular complexity index is 1350. The summed E-state index contributed by atoms with van der Waals surface area (Å²) in [6, 6.07) is 45.4. The maximum absolute atomic E-state index is 6.51. The molecule has 0 spiro atoms. The second-order valence-electron chi connectivity index (χ2n) is 8.83. The van der Waals surface area contributed by atoms with Crippen molar-refractivity contribution in [2.45, 2.75) is 19.8 Å². The topological polar surface area (TPSA) is 25.4 Å². The van der Waals surface area contributed by atoms with E-state index in [1.54, 1.807) is 12.4 Å². The molecule has 0 aliphatic heterocycles. The van der Waals surface area contributed by atoms with Crippen LogP contribution >= 0.6 is 16.1 Å². The molecule has 38 heavy (non-hydrogen) atoms. The third kappa shape index (κ3) is 6.37. The van der Waals surface area contributed by atoms with Gasteiger partial charge >= 0.3 is 0 Å². The Hall–Kier alpha value is -3.35. The Morgan fingerprint density at radius 3 is 1.66 bits per heavy atom. The van der Waals surface area contributed by atoms with Crippen molar-refractivity contribution in [3.8, 4) is 11.5 Å². The molecule has 5 rings (SSSR count). The molecule has 4 aromatic carbocycles. The molecule has 1 unspecified atom stereocenters. The number of hydrogen-bond acceptors (Lipinski definition) is 3. The number of para-hydroxylation sites is 1. The maximum atomic E-state index is 6.51. The molecule has 1 heterocycles. The van der Waals surface area contributed by atoms with Crippen molar-refractivity contribution in [2.24, 2.45) is 0 Å². The summed E-state index contributed by atoms with van der Waals surface area (Å²) in [5.74, 6) is 1.69. The average Bonchev–Trinajstić information content (AvgIpc) is 2.99. The van der Waals surface area contributed by atoms with Crippen LogP contribution in [0.5, 0.6) is 11.5 Å². The standard InChI is InChI=1S/C33H32N2OP2/c1-2-3-27-35(37(29-15-7-4-8-16-29)30-17-9-5-10-18-30)38(31-19-11-6-12-20-31)33-22-14-13-21-32(33)36-28-23-25-34-26-24-28/h4-26H,2-3,27H2,1H3. The van der Waals surface area contributed by atoms with Gasteiger partial charge in [-0.25, -0.2) is 4.44 Å². The molecule has 3 nitrogen and oxygen atoms in total. The van der Waals surface area contributed by atoms with Crippen molar-refractivity contribution in [3.05, 3.63) is 140 Å². The van der Waals surface area contributed by atoms with Crippen molar-refractivity contribution in [1.82, 2.24) is 9.42 Å². The lowest BCUT2D eigenvalue weighted by molar-refractivity contribution is 0.485. The SMILES string of the molecule is CCCCN(P(c1ccccc1)c1ccccc1)P(c1ccccc1)c1ccccc1Oc1ccncc1. The Balaban J connectivity index is 1.70. The highest BCUT2D eigenvalue weighted by molar-refractivity contribution is 7.84. The van der Waals surface area contributed by atoms with E-state index in [-0.39, 0.29) is 0 Å². The molecule has 1 atom stereocenters. The smallest absolute Gasteiger partial charge is 0.136 e. The van der Waals surface area contributed by atoms with Gasteiger partial charge in [0.1, 0.15) is 11.5 Å². The molecule has 0 saturated carbocycles. The molecule has 5 heteroatoms. The molecule has 0 saturated heterocycles. The van der Waals surface area contributed by atoms with Crippen LogP contribution in [0.3, 0.4) is 0 Å². The zero-order valence-electron chi connectivity index (χ0n) is 21.6. The summed E-state index contributed by atoms with van der Waals surface area (Å²) in [5, 5.41) is 5.27. The van der Waals surface area contributed by atoms with E-state index >= 15 is 0 Å². The third-order valence-electron chi connectivity index (χ3n) is 6.15. The van der Waals surface area contributed by atoms with Gasteiger partial charge in [0, 0.05) is 40.4 Å². The second kappa shape index (κ2) is 13.4. The molecule has 0 fully saturated rings. The van der Waals surface area contributed by atoms with Crippen LogP contribution in [0.2, 0.25) is 0 Å². The van der Waals surface area contributed by atoms with E-state index in [9.17, 15) is 0 Å². The van der Waals surface area contributed by atoms with Crippen LogP contribution in [0, 0.1) is 0 Å². The summed E-state index contributed by atoms with van der Waals surface area (Å²) < 4.78 is 9.30. The van der Waals surface area contributed by atoms with Gasteiger partial charge in [-0.15, -0.1) is 0 Å². The highest BCUT2D eigenvalue weighted by Gasteiger charge is 2.32. The number of pyridine rings is 1. The Labute approximate surface area is 228 Å². The predicted octanol–water partition coefficient (Wildman–Crippen LogP) is 7.37. The minimum atomic E-state index is -0.908. The van der Waals surface area contributed by atoms with Crippen molar-refractivity contribution in [2.75, 3.05) is 6.54 Å². The first kappa shape index (κ1) is 26.3. The van der Waals surface area contributed by atoms with Crippen molar-refractivity contribution in [3.63, 3.8) is 0 Å². The number of rotatable bonds is 11. The molecule has 0 amide bonds. The molecular weight excluding hydrogens is 502 g/mol. The lowest BCUT2D eigenvalue weighted by Crippen LogP contribution is -2.32. The van der Waals surface area contributed by atoms with Gasteiger partial charge in [0.05, 0.1) is 0 Å². The third-order valence-corrected chi connectivity index (χ3v) is 11.7. The fourth-order valence-electron chi connectivity index (χ4n) is 4.36.